The third-order valence-corrected chi connectivity index (χ3v) is 18.3. The van der Waals surface area contributed by atoms with Crippen LogP contribution in [0.5, 0.6) is 0 Å². The fraction of sp³-hybridized carbons (Fsp3) is 0.806. The minimum Gasteiger partial charge on any atom is -0.390 e. The van der Waals surface area contributed by atoms with Crippen LogP contribution in [-0.4, -0.2) is 264 Å². The van der Waals surface area contributed by atoms with Crippen LogP contribution < -0.4 is 21.3 Å². The molecule has 0 saturated carbocycles. The highest BCUT2D eigenvalue weighted by Crippen LogP contribution is 2.26. The van der Waals surface area contributed by atoms with Crippen LogP contribution in [0.3, 0.4) is 0 Å². The van der Waals surface area contributed by atoms with E-state index >= 15 is 24.0 Å². The molecule has 2 saturated heterocycles. The number of hydrogen-bond acceptors (Lipinski definition) is 14. The first-order valence-corrected chi connectivity index (χ1v) is 33.4. The highest BCUT2D eigenvalue weighted by Gasteiger charge is 2.46. The monoisotopic (exact) mass is 1300 g/mol. The molecule has 92 heavy (non-hydrogen) atoms. The number of carbonyl (C=O) groups excluding carboxylic acids is 11. The van der Waals surface area contributed by atoms with E-state index in [-0.39, 0.29) is 43.4 Å². The van der Waals surface area contributed by atoms with Crippen molar-refractivity contribution in [1.29, 1.82) is 0 Å². The van der Waals surface area contributed by atoms with Crippen molar-refractivity contribution in [2.75, 3.05) is 82.2 Å². The lowest BCUT2D eigenvalue weighted by molar-refractivity contribution is -0.157. The topological polar surface area (TPSA) is 291 Å². The number of hydrogen-bond donors (Lipinski definition) is 5. The Balaban J connectivity index is 3.04. The lowest BCUT2D eigenvalue weighted by Gasteiger charge is -2.41. The fourth-order valence-corrected chi connectivity index (χ4v) is 12.2. The van der Waals surface area contributed by atoms with Crippen molar-refractivity contribution in [3.8, 4) is 0 Å². The molecule has 2 heterocycles. The number of allylic oxidation sites excluding steroid dienone is 2. The molecule has 2 aliphatic rings. The lowest BCUT2D eigenvalue weighted by Crippen LogP contribution is -2.64. The summed E-state index contributed by atoms with van der Waals surface area (Å²) in [7, 11) is 10.0. The number of ether oxygens (including phenoxy) is 1. The third-order valence-electron chi connectivity index (χ3n) is 18.3. The van der Waals surface area contributed by atoms with E-state index in [1.807, 2.05) is 54.5 Å². The Hall–Kier alpha value is -6.21. The molecule has 0 aliphatic carbocycles. The van der Waals surface area contributed by atoms with Gasteiger partial charge in [-0.1, -0.05) is 102 Å². The summed E-state index contributed by atoms with van der Waals surface area (Å²) in [6.07, 6.45) is 3.27. The first-order chi connectivity index (χ1) is 42.7. The molecule has 5 N–H and O–H groups in total. The SMILES string of the molecule is C/C=C/C[C@@H](C)[C@@H](O)[C@H]1C(=O)N[C@@H](CC)C(=O)N(C)[C@@H](C)C(=O)N(C)[C@@H](C(C)CCN2CCOCC2)C(=O)N[C@@H](C(C)C)C(=O)N(C)[C@@H](CC(C)C)C(=O)N[C@@H](C)C(=O)N[C@H](C)C(=O)N(C)[C@@H](CC(C)C)C(=O)N(C)[C@@H](CC(C)C)C(=O)N(C)[C@@H](C(C)C)C(=O)N1C. The van der Waals surface area contributed by atoms with Crippen LogP contribution in [0.1, 0.15) is 156 Å². The van der Waals surface area contributed by atoms with E-state index in [4.69, 9.17) is 4.74 Å². The van der Waals surface area contributed by atoms with Gasteiger partial charge in [-0.2, -0.15) is 0 Å². The molecule has 25 nitrogen and oxygen atoms in total. The van der Waals surface area contributed by atoms with E-state index in [9.17, 15) is 33.9 Å². The first-order valence-electron chi connectivity index (χ1n) is 33.4. The molecule has 526 valence electrons. The molecule has 0 aromatic carbocycles. The van der Waals surface area contributed by atoms with Crippen LogP contribution in [0.4, 0.5) is 0 Å². The second-order valence-corrected chi connectivity index (χ2v) is 28.0. The molecule has 2 fully saturated rings. The van der Waals surface area contributed by atoms with Crippen molar-refractivity contribution < 1.29 is 62.6 Å². The predicted molar refractivity (Wildman–Crippen MR) is 355 cm³/mol. The Morgan fingerprint density at radius 2 is 0.946 bits per heavy atom. The van der Waals surface area contributed by atoms with E-state index in [0.29, 0.717) is 45.7 Å². The smallest absolute Gasteiger partial charge is 0.246 e. The van der Waals surface area contributed by atoms with E-state index in [1.54, 1.807) is 54.5 Å². The van der Waals surface area contributed by atoms with Crippen molar-refractivity contribution in [2.24, 2.45) is 41.4 Å². The number of aliphatic hydroxyl groups is 1. The standard InChI is InChI=1S/C67H120N12O13/c1-25-27-28-44(14)56(80)55-60(84)70-48(26-2)63(87)72(18)47(17)62(86)77(23)54(43(13)29-30-79-31-33-92-34-32-79)59(83)71-52(41(9)10)66(90)73(19)49(35-38(3)4)58(82)68-45(15)57(81)69-46(16)61(85)74(20)50(36-39(5)6)64(88)75(21)51(37-40(7)8)65(89)76(22)53(42(11)12)67(91)78(55)24/h25,27,38-56,80H,26,28-37H2,1-24H3,(H,68,82)(H,69,81)(H,70,84)(H,71,83)/b27-25+/t43?,44-,45+,46-,47+,48+,49+,50+,51+,52+,53+,54+,55+,56-/m1/s1. The van der Waals surface area contributed by atoms with E-state index in [0.717, 1.165) is 4.90 Å². The number of aliphatic hydroxyl groups excluding tert-OH is 1. The van der Waals surface area contributed by atoms with Crippen LogP contribution >= 0.6 is 0 Å². The van der Waals surface area contributed by atoms with Gasteiger partial charge in [0, 0.05) is 62.4 Å². The van der Waals surface area contributed by atoms with Crippen molar-refractivity contribution in [1.82, 2.24) is 60.5 Å². The molecular formula is C67H120N12O13. The second kappa shape index (κ2) is 37.6. The Kier molecular flexibility index (Phi) is 33.5. The molecule has 2 aliphatic heterocycles. The molecule has 11 amide bonds. The van der Waals surface area contributed by atoms with Crippen molar-refractivity contribution in [2.45, 2.75) is 229 Å². The molecule has 0 spiro atoms. The zero-order chi connectivity index (χ0) is 70.7. The van der Waals surface area contributed by atoms with E-state index in [2.05, 4.69) is 26.2 Å². The predicted octanol–water partition coefficient (Wildman–Crippen LogP) is 2.97. The van der Waals surface area contributed by atoms with Crippen molar-refractivity contribution in [3.63, 3.8) is 0 Å². The highest BCUT2D eigenvalue weighted by molar-refractivity contribution is 6.00. The number of nitrogens with zero attached hydrogens (tertiary/aromatic N) is 8. The van der Waals surface area contributed by atoms with Gasteiger partial charge in [0.15, 0.2) is 0 Å². The third kappa shape index (κ3) is 22.2. The highest BCUT2D eigenvalue weighted by atomic mass is 16.5. The average Bonchev–Trinajstić information content (AvgIpc) is 0.865. The van der Waals surface area contributed by atoms with Gasteiger partial charge in [-0.05, 0) is 114 Å². The normalized spacial score (nSPS) is 28.1. The lowest BCUT2D eigenvalue weighted by atomic mass is 9.91. The second-order valence-electron chi connectivity index (χ2n) is 28.0. The van der Waals surface area contributed by atoms with E-state index < -0.39 is 161 Å². The number of rotatable bonds is 17. The van der Waals surface area contributed by atoms with Gasteiger partial charge in [-0.25, -0.2) is 0 Å². The zero-order valence-corrected chi connectivity index (χ0v) is 60.3. The largest absolute Gasteiger partial charge is 0.390 e. The molecule has 25 heteroatoms. The summed E-state index contributed by atoms with van der Waals surface area (Å²) < 4.78 is 5.57. The summed E-state index contributed by atoms with van der Waals surface area (Å²) in [6, 6.07) is -13.8. The maximum Gasteiger partial charge on any atom is 0.246 e. The number of morpholine rings is 1. The number of amides is 11. The Bertz CT molecular complexity index is 2520. The van der Waals surface area contributed by atoms with Gasteiger partial charge in [-0.3, -0.25) is 57.6 Å². The maximum atomic E-state index is 15.3. The van der Waals surface area contributed by atoms with Gasteiger partial charge < -0.3 is 65.4 Å². The molecule has 0 radical (unpaired) electrons. The number of carbonyl (C=O) groups is 11. The van der Waals surface area contributed by atoms with Gasteiger partial charge in [0.2, 0.25) is 65.0 Å². The fourth-order valence-electron chi connectivity index (χ4n) is 12.2. The summed E-state index contributed by atoms with van der Waals surface area (Å²) in [5.41, 5.74) is 0. The van der Waals surface area contributed by atoms with Crippen LogP contribution in [0, 0.1) is 41.4 Å². The molecule has 2 rings (SSSR count). The molecular weight excluding hydrogens is 1180 g/mol. The summed E-state index contributed by atoms with van der Waals surface area (Å²) in [5.74, 6) is -10.2. The first kappa shape index (κ1) is 81.9. The summed E-state index contributed by atoms with van der Waals surface area (Å²) in [5, 5.41) is 23.4. The zero-order valence-electron chi connectivity index (χ0n) is 60.3. The van der Waals surface area contributed by atoms with Gasteiger partial charge in [0.1, 0.15) is 66.5 Å². The van der Waals surface area contributed by atoms with Crippen molar-refractivity contribution >= 4 is 65.0 Å². The summed E-state index contributed by atoms with van der Waals surface area (Å²) in [6.45, 7) is 32.5. The molecule has 0 aromatic rings. The van der Waals surface area contributed by atoms with E-state index in [1.165, 1.54) is 99.5 Å². The maximum absolute atomic E-state index is 15.3. The van der Waals surface area contributed by atoms with Crippen molar-refractivity contribution in [3.05, 3.63) is 12.2 Å². The molecule has 0 aromatic heterocycles. The van der Waals surface area contributed by atoms with Gasteiger partial charge >= 0.3 is 0 Å². The van der Waals surface area contributed by atoms with Gasteiger partial charge in [-0.15, -0.1) is 0 Å². The van der Waals surface area contributed by atoms with Gasteiger partial charge in [0.05, 0.1) is 19.3 Å². The minimum atomic E-state index is -1.63. The van der Waals surface area contributed by atoms with Crippen LogP contribution in [0.15, 0.2) is 12.2 Å². The Morgan fingerprint density at radius 1 is 0.489 bits per heavy atom. The number of likely N-dealkylation sites (N-methyl/N-ethyl adjacent to an activating group) is 7. The molecule has 14 atom stereocenters. The minimum absolute atomic E-state index is 0.00694. The number of nitrogens with one attached hydrogen (secondary N) is 4. The Labute approximate surface area is 550 Å². The van der Waals surface area contributed by atoms with Crippen LogP contribution in [0.25, 0.3) is 0 Å². The van der Waals surface area contributed by atoms with Crippen LogP contribution in [0.2, 0.25) is 0 Å². The quantitative estimate of drug-likeness (QED) is 0.131. The van der Waals surface area contributed by atoms with Crippen LogP contribution in [-0.2, 0) is 57.5 Å². The summed E-state index contributed by atoms with van der Waals surface area (Å²) in [4.78, 5) is 174. The Morgan fingerprint density at radius 3 is 1.43 bits per heavy atom. The van der Waals surface area contributed by atoms with Gasteiger partial charge in [0.25, 0.3) is 0 Å². The summed E-state index contributed by atoms with van der Waals surface area (Å²) >= 11 is 0. The molecule has 1 unspecified atom stereocenters. The average molecular weight is 1300 g/mol. The molecule has 0 bridgehead atoms.